The van der Waals surface area contributed by atoms with E-state index in [4.69, 9.17) is 14.2 Å². The fourth-order valence-corrected chi connectivity index (χ4v) is 7.40. The molecular weight excluding hydrogens is 865 g/mol. The molecule has 0 saturated heterocycles. The van der Waals surface area contributed by atoms with E-state index in [1.54, 1.807) is 0 Å². The van der Waals surface area contributed by atoms with Crippen molar-refractivity contribution >= 4 is 17.9 Å². The average molecular weight is 970 g/mol. The molecule has 0 aliphatic heterocycles. The summed E-state index contributed by atoms with van der Waals surface area (Å²) in [5.41, 5.74) is 0. The summed E-state index contributed by atoms with van der Waals surface area (Å²) in [5.74, 6) is -0.985. The Morgan fingerprint density at radius 2 is 0.600 bits per heavy atom. The second-order valence-electron chi connectivity index (χ2n) is 18.5. The number of hydrogen-bond acceptors (Lipinski definition) is 6. The van der Waals surface area contributed by atoms with Gasteiger partial charge in [0, 0.05) is 19.3 Å². The average Bonchev–Trinajstić information content (AvgIpc) is 3.36. The Kier molecular flexibility index (Phi) is 54.0. The molecule has 0 amide bonds. The quantitative estimate of drug-likeness (QED) is 0.0262. The van der Waals surface area contributed by atoms with Gasteiger partial charge in [0.1, 0.15) is 13.2 Å². The van der Waals surface area contributed by atoms with Gasteiger partial charge in [0.15, 0.2) is 6.10 Å². The van der Waals surface area contributed by atoms with E-state index < -0.39 is 6.10 Å². The predicted molar refractivity (Wildman–Crippen MR) is 302 cm³/mol. The second-order valence-corrected chi connectivity index (χ2v) is 18.5. The minimum Gasteiger partial charge on any atom is -0.462 e. The summed E-state index contributed by atoms with van der Waals surface area (Å²) in [5, 5.41) is 0. The largest absolute Gasteiger partial charge is 0.462 e. The van der Waals surface area contributed by atoms with Gasteiger partial charge in [-0.3, -0.25) is 14.4 Å². The van der Waals surface area contributed by atoms with Crippen LogP contribution in [-0.4, -0.2) is 37.2 Å². The molecule has 6 heteroatoms. The number of rotatable bonds is 50. The third-order valence-corrected chi connectivity index (χ3v) is 11.7. The topological polar surface area (TPSA) is 78.9 Å². The van der Waals surface area contributed by atoms with Crippen LogP contribution in [0, 0.1) is 0 Å². The van der Waals surface area contributed by atoms with E-state index in [0.29, 0.717) is 19.3 Å². The van der Waals surface area contributed by atoms with E-state index in [1.807, 2.05) is 0 Å². The molecule has 396 valence electrons. The highest BCUT2D eigenvalue weighted by atomic mass is 16.6. The maximum atomic E-state index is 12.8. The zero-order valence-corrected chi connectivity index (χ0v) is 45.2. The van der Waals surface area contributed by atoms with E-state index in [1.165, 1.54) is 83.5 Å². The molecular formula is C64H104O6. The van der Waals surface area contributed by atoms with Crippen LogP contribution in [0.2, 0.25) is 0 Å². The molecule has 0 aliphatic rings. The van der Waals surface area contributed by atoms with Gasteiger partial charge in [0.05, 0.1) is 0 Å². The summed E-state index contributed by atoms with van der Waals surface area (Å²) in [6, 6.07) is 0. The molecule has 0 aromatic carbocycles. The van der Waals surface area contributed by atoms with Crippen molar-refractivity contribution in [2.45, 2.75) is 252 Å². The first-order chi connectivity index (χ1) is 34.5. The molecule has 70 heavy (non-hydrogen) atoms. The van der Waals surface area contributed by atoms with Crippen molar-refractivity contribution in [1.29, 1.82) is 0 Å². The molecule has 0 radical (unpaired) electrons. The minimum atomic E-state index is -0.810. The fraction of sp³-hybridized carbons (Fsp3) is 0.641. The number of hydrogen-bond donors (Lipinski definition) is 0. The highest BCUT2D eigenvalue weighted by Crippen LogP contribution is 2.14. The van der Waals surface area contributed by atoms with Crippen LogP contribution in [0.4, 0.5) is 0 Å². The molecule has 0 aliphatic carbocycles. The van der Waals surface area contributed by atoms with Crippen molar-refractivity contribution in [3.63, 3.8) is 0 Å². The smallest absolute Gasteiger partial charge is 0.306 e. The van der Waals surface area contributed by atoms with Crippen molar-refractivity contribution in [3.8, 4) is 0 Å². The van der Waals surface area contributed by atoms with Crippen molar-refractivity contribution in [2.75, 3.05) is 13.2 Å². The van der Waals surface area contributed by atoms with E-state index in [-0.39, 0.29) is 37.5 Å². The number of allylic oxidation sites excluding steroid dienone is 20. The summed E-state index contributed by atoms with van der Waals surface area (Å²) in [6.45, 7) is 6.37. The molecule has 1 atom stereocenters. The van der Waals surface area contributed by atoms with Crippen molar-refractivity contribution < 1.29 is 28.6 Å². The zero-order chi connectivity index (χ0) is 50.7. The van der Waals surface area contributed by atoms with E-state index in [9.17, 15) is 14.4 Å². The number of carbonyl (C=O) groups excluding carboxylic acids is 3. The van der Waals surface area contributed by atoms with E-state index in [0.717, 1.165) is 116 Å². The first kappa shape index (κ1) is 65.8. The first-order valence-corrected chi connectivity index (χ1v) is 28.5. The summed E-state index contributed by atoms with van der Waals surface area (Å²) in [7, 11) is 0. The summed E-state index contributed by atoms with van der Waals surface area (Å²) in [6.07, 6.45) is 79.1. The minimum absolute atomic E-state index is 0.105. The van der Waals surface area contributed by atoms with Gasteiger partial charge in [-0.1, -0.05) is 226 Å². The third-order valence-electron chi connectivity index (χ3n) is 11.7. The standard InChI is InChI=1S/C64H104O6/c1-4-7-10-13-16-19-22-24-26-28-30-31-32-33-35-36-38-40-42-45-48-51-54-57-63(66)69-60-61(59-68-62(65)56-53-50-47-44-21-18-15-12-9-6-3)70-64(67)58-55-52-49-46-43-41-39-37-34-29-27-25-23-20-17-14-11-8-5-2/h7,10,12,15-17,19-20,24-27,30-31,33,35,38,40,45,48,61H,4-6,8-9,11,13-14,18,21-23,28-29,32,34,36-37,39,41-44,46-47,49-60H2,1-3H3/b10-7-,15-12-,19-16-,20-17-,26-24-,27-25-,31-30-,35-33-,40-38-,48-45-. The Labute approximate surface area is 431 Å². The van der Waals surface area contributed by atoms with Crippen LogP contribution in [0.1, 0.15) is 245 Å². The van der Waals surface area contributed by atoms with Crippen LogP contribution in [0.3, 0.4) is 0 Å². The molecule has 0 spiro atoms. The molecule has 0 fully saturated rings. The highest BCUT2D eigenvalue weighted by Gasteiger charge is 2.19. The second kappa shape index (κ2) is 57.4. The van der Waals surface area contributed by atoms with Gasteiger partial charge >= 0.3 is 17.9 Å². The Balaban J connectivity index is 4.44. The summed E-state index contributed by atoms with van der Waals surface area (Å²) >= 11 is 0. The summed E-state index contributed by atoms with van der Waals surface area (Å²) < 4.78 is 16.8. The van der Waals surface area contributed by atoms with E-state index >= 15 is 0 Å². The normalized spacial score (nSPS) is 13.0. The van der Waals surface area contributed by atoms with Gasteiger partial charge in [-0.05, 0) is 122 Å². The Bertz CT molecular complexity index is 1490. The molecule has 0 N–H and O–H groups in total. The summed E-state index contributed by atoms with van der Waals surface area (Å²) in [4.78, 5) is 38.1. The monoisotopic (exact) mass is 969 g/mol. The van der Waals surface area contributed by atoms with Gasteiger partial charge < -0.3 is 14.2 Å². The molecule has 0 heterocycles. The molecule has 0 bridgehead atoms. The van der Waals surface area contributed by atoms with Crippen LogP contribution in [0.25, 0.3) is 0 Å². The zero-order valence-electron chi connectivity index (χ0n) is 45.2. The van der Waals surface area contributed by atoms with Gasteiger partial charge in [0.25, 0.3) is 0 Å². The van der Waals surface area contributed by atoms with Crippen molar-refractivity contribution in [2.24, 2.45) is 0 Å². The lowest BCUT2D eigenvalue weighted by Gasteiger charge is -2.18. The fourth-order valence-electron chi connectivity index (χ4n) is 7.40. The molecule has 1 unspecified atom stereocenters. The number of unbranched alkanes of at least 4 members (excludes halogenated alkanes) is 19. The third kappa shape index (κ3) is 54.7. The molecule has 6 nitrogen and oxygen atoms in total. The Morgan fingerprint density at radius 3 is 1.00 bits per heavy atom. The number of carbonyl (C=O) groups is 3. The van der Waals surface area contributed by atoms with Crippen LogP contribution in [0.15, 0.2) is 122 Å². The predicted octanol–water partition coefficient (Wildman–Crippen LogP) is 19.3. The van der Waals surface area contributed by atoms with Gasteiger partial charge in [-0.15, -0.1) is 0 Å². The molecule has 0 saturated carbocycles. The van der Waals surface area contributed by atoms with Crippen LogP contribution in [0.5, 0.6) is 0 Å². The Hall–Kier alpha value is -4.19. The molecule has 0 aromatic rings. The maximum Gasteiger partial charge on any atom is 0.306 e. The van der Waals surface area contributed by atoms with Crippen LogP contribution in [-0.2, 0) is 28.6 Å². The van der Waals surface area contributed by atoms with Crippen molar-refractivity contribution in [3.05, 3.63) is 122 Å². The van der Waals surface area contributed by atoms with Gasteiger partial charge in [0.2, 0.25) is 0 Å². The Morgan fingerprint density at radius 1 is 0.300 bits per heavy atom. The number of esters is 3. The lowest BCUT2D eigenvalue weighted by atomic mass is 10.1. The van der Waals surface area contributed by atoms with Crippen LogP contribution < -0.4 is 0 Å². The first-order valence-electron chi connectivity index (χ1n) is 28.5. The van der Waals surface area contributed by atoms with Crippen molar-refractivity contribution in [1.82, 2.24) is 0 Å². The van der Waals surface area contributed by atoms with Gasteiger partial charge in [-0.2, -0.15) is 0 Å². The highest BCUT2D eigenvalue weighted by molar-refractivity contribution is 5.71. The van der Waals surface area contributed by atoms with Gasteiger partial charge in [-0.25, -0.2) is 0 Å². The lowest BCUT2D eigenvalue weighted by Crippen LogP contribution is -2.30. The lowest BCUT2D eigenvalue weighted by molar-refractivity contribution is -0.167. The molecule has 0 aromatic heterocycles. The molecule has 0 rings (SSSR count). The van der Waals surface area contributed by atoms with E-state index in [2.05, 4.69) is 142 Å². The number of ether oxygens (including phenoxy) is 3. The SMILES string of the molecule is CC/C=C\C/C=C\C/C=C\C/C=C\C/C=C\C/C=C\C/C=C\CCCC(=O)OCC(COC(=O)CCCCCCC/C=C\CCC)OC(=O)CCCCCCCCCCC/C=C\C/C=C\CCCCC. The van der Waals surface area contributed by atoms with Crippen LogP contribution >= 0.6 is 0 Å². The maximum absolute atomic E-state index is 12.8.